The van der Waals surface area contributed by atoms with E-state index in [4.69, 9.17) is 0 Å². The monoisotopic (exact) mass is 361 g/mol. The van der Waals surface area contributed by atoms with E-state index in [0.717, 1.165) is 16.7 Å². The van der Waals surface area contributed by atoms with Crippen molar-refractivity contribution < 1.29 is 4.39 Å². The van der Waals surface area contributed by atoms with E-state index >= 15 is 0 Å². The van der Waals surface area contributed by atoms with E-state index in [1.54, 1.807) is 39.4 Å². The zero-order valence-corrected chi connectivity index (χ0v) is 14.3. The number of rotatable bonds is 2. The van der Waals surface area contributed by atoms with Gasteiger partial charge in [-0.2, -0.15) is 0 Å². The standard InChI is InChI=1S/C20H12FN3OS/c21-14-7-1-3-9-16(14)23-11-5-6-13(23)12-18-19(25)24-17-10-4-2-8-15(17)22-20(24)26-18/h1-12H/b18-12-. The molecule has 0 aliphatic carbocycles. The van der Waals surface area contributed by atoms with E-state index in [2.05, 4.69) is 4.98 Å². The maximum atomic E-state index is 14.1. The molecule has 0 aliphatic rings. The summed E-state index contributed by atoms with van der Waals surface area (Å²) in [5.41, 5.74) is 2.67. The number of para-hydroxylation sites is 3. The van der Waals surface area contributed by atoms with E-state index in [1.807, 2.05) is 36.4 Å². The van der Waals surface area contributed by atoms with Gasteiger partial charge < -0.3 is 4.57 Å². The van der Waals surface area contributed by atoms with Gasteiger partial charge in [-0.25, -0.2) is 13.8 Å². The maximum absolute atomic E-state index is 14.1. The summed E-state index contributed by atoms with van der Waals surface area (Å²) in [4.78, 5) is 18.0. The Morgan fingerprint density at radius 1 is 1.00 bits per heavy atom. The summed E-state index contributed by atoms with van der Waals surface area (Å²) in [6.07, 6.45) is 3.56. The maximum Gasteiger partial charge on any atom is 0.275 e. The molecule has 0 saturated carbocycles. The molecule has 0 unspecified atom stereocenters. The minimum Gasteiger partial charge on any atom is -0.314 e. The molecule has 3 aromatic heterocycles. The molecular weight excluding hydrogens is 349 g/mol. The number of hydrogen-bond acceptors (Lipinski definition) is 3. The molecule has 6 heteroatoms. The molecule has 0 radical (unpaired) electrons. The van der Waals surface area contributed by atoms with Gasteiger partial charge in [0.05, 0.1) is 21.3 Å². The van der Waals surface area contributed by atoms with Crippen molar-refractivity contribution in [3.8, 4) is 5.69 Å². The minimum atomic E-state index is -0.312. The summed E-state index contributed by atoms with van der Waals surface area (Å²) in [7, 11) is 0. The second-order valence-electron chi connectivity index (χ2n) is 5.89. The van der Waals surface area contributed by atoms with Crippen molar-refractivity contribution in [2.75, 3.05) is 0 Å². The van der Waals surface area contributed by atoms with Crippen molar-refractivity contribution in [2.24, 2.45) is 0 Å². The van der Waals surface area contributed by atoms with E-state index in [1.165, 1.54) is 17.4 Å². The lowest BCUT2D eigenvalue weighted by Gasteiger charge is -2.07. The highest BCUT2D eigenvalue weighted by atomic mass is 32.1. The SMILES string of the molecule is O=c1/c(=C/c2cccn2-c2ccccc2F)sc2nc3ccccc3n12. The number of benzene rings is 2. The zero-order valence-electron chi connectivity index (χ0n) is 13.5. The van der Waals surface area contributed by atoms with Crippen molar-refractivity contribution in [3.63, 3.8) is 0 Å². The molecule has 0 N–H and O–H groups in total. The highest BCUT2D eigenvalue weighted by Gasteiger charge is 2.12. The largest absolute Gasteiger partial charge is 0.314 e. The quantitative estimate of drug-likeness (QED) is 0.484. The predicted octanol–water partition coefficient (Wildman–Crippen LogP) is 3.39. The van der Waals surface area contributed by atoms with Crippen LogP contribution in [0.15, 0.2) is 71.7 Å². The Bertz CT molecular complexity index is 1380. The molecule has 0 aliphatic heterocycles. The van der Waals surface area contributed by atoms with Crippen molar-refractivity contribution in [3.05, 3.63) is 93.3 Å². The van der Waals surface area contributed by atoms with Crippen LogP contribution in [0.4, 0.5) is 4.39 Å². The molecule has 126 valence electrons. The molecule has 0 spiro atoms. The topological polar surface area (TPSA) is 39.3 Å². The molecule has 0 saturated heterocycles. The Kier molecular flexibility index (Phi) is 3.26. The van der Waals surface area contributed by atoms with E-state index in [9.17, 15) is 9.18 Å². The van der Waals surface area contributed by atoms with Gasteiger partial charge in [0.15, 0.2) is 4.96 Å². The number of imidazole rings is 1. The summed E-state index contributed by atoms with van der Waals surface area (Å²) in [6, 6.07) is 17.8. The third kappa shape index (κ3) is 2.19. The molecule has 0 bridgehead atoms. The van der Waals surface area contributed by atoms with Gasteiger partial charge >= 0.3 is 0 Å². The van der Waals surface area contributed by atoms with Crippen LogP contribution in [-0.4, -0.2) is 14.0 Å². The fourth-order valence-corrected chi connectivity index (χ4v) is 4.10. The van der Waals surface area contributed by atoms with E-state index < -0.39 is 0 Å². The van der Waals surface area contributed by atoms with Gasteiger partial charge in [-0.3, -0.25) is 4.79 Å². The normalized spacial score (nSPS) is 12.4. The first-order chi connectivity index (χ1) is 12.7. The van der Waals surface area contributed by atoms with Crippen LogP contribution in [0.1, 0.15) is 5.69 Å². The number of thiazole rings is 1. The zero-order chi connectivity index (χ0) is 17.7. The lowest BCUT2D eigenvalue weighted by atomic mass is 10.3. The lowest BCUT2D eigenvalue weighted by Crippen LogP contribution is -2.23. The predicted molar refractivity (Wildman–Crippen MR) is 101 cm³/mol. The first-order valence-corrected chi connectivity index (χ1v) is 8.88. The van der Waals surface area contributed by atoms with Crippen LogP contribution in [0.25, 0.3) is 27.8 Å². The molecule has 3 heterocycles. The van der Waals surface area contributed by atoms with Crippen molar-refractivity contribution in [1.29, 1.82) is 0 Å². The van der Waals surface area contributed by atoms with Gasteiger partial charge in [-0.1, -0.05) is 35.6 Å². The fraction of sp³-hybridized carbons (Fsp3) is 0. The van der Waals surface area contributed by atoms with Gasteiger partial charge in [-0.15, -0.1) is 0 Å². The highest BCUT2D eigenvalue weighted by molar-refractivity contribution is 7.15. The number of hydrogen-bond donors (Lipinski definition) is 0. The Morgan fingerprint density at radius 2 is 1.81 bits per heavy atom. The Labute approximate surface area is 151 Å². The average molecular weight is 361 g/mol. The van der Waals surface area contributed by atoms with Crippen LogP contribution in [0.5, 0.6) is 0 Å². The third-order valence-corrected chi connectivity index (χ3v) is 5.29. The molecule has 5 aromatic rings. The highest BCUT2D eigenvalue weighted by Crippen LogP contribution is 2.18. The Hall–Kier alpha value is -3.25. The van der Waals surface area contributed by atoms with Gasteiger partial charge in [0.1, 0.15) is 5.82 Å². The fourth-order valence-electron chi connectivity index (χ4n) is 3.12. The summed E-state index contributed by atoms with van der Waals surface area (Å²) in [5.74, 6) is -0.312. The Balaban J connectivity index is 1.74. The van der Waals surface area contributed by atoms with Crippen LogP contribution in [0.3, 0.4) is 0 Å². The van der Waals surface area contributed by atoms with Crippen LogP contribution in [-0.2, 0) is 0 Å². The molecule has 5 rings (SSSR count). The summed E-state index contributed by atoms with van der Waals surface area (Å²) < 4.78 is 18.1. The molecule has 0 amide bonds. The number of fused-ring (bicyclic) bond motifs is 3. The summed E-state index contributed by atoms with van der Waals surface area (Å²) in [6.45, 7) is 0. The molecule has 0 atom stereocenters. The van der Waals surface area contributed by atoms with Gasteiger partial charge in [0.25, 0.3) is 5.56 Å². The van der Waals surface area contributed by atoms with Crippen LogP contribution in [0.2, 0.25) is 0 Å². The number of nitrogens with zero attached hydrogens (tertiary/aromatic N) is 3. The van der Waals surface area contributed by atoms with Crippen LogP contribution >= 0.6 is 11.3 Å². The second-order valence-corrected chi connectivity index (χ2v) is 6.90. The molecule has 4 nitrogen and oxygen atoms in total. The van der Waals surface area contributed by atoms with Gasteiger partial charge in [0.2, 0.25) is 0 Å². The first-order valence-electron chi connectivity index (χ1n) is 8.06. The Morgan fingerprint density at radius 3 is 2.69 bits per heavy atom. The minimum absolute atomic E-state index is 0.111. The smallest absolute Gasteiger partial charge is 0.275 e. The molecular formula is C20H12FN3OS. The molecule has 26 heavy (non-hydrogen) atoms. The van der Waals surface area contributed by atoms with Crippen molar-refractivity contribution in [1.82, 2.24) is 14.0 Å². The van der Waals surface area contributed by atoms with E-state index in [-0.39, 0.29) is 11.4 Å². The molecule has 0 fully saturated rings. The van der Waals surface area contributed by atoms with Crippen LogP contribution in [0, 0.1) is 5.82 Å². The van der Waals surface area contributed by atoms with Crippen molar-refractivity contribution in [2.45, 2.75) is 0 Å². The first kappa shape index (κ1) is 15.0. The van der Waals surface area contributed by atoms with Gasteiger partial charge in [-0.05, 0) is 42.5 Å². The number of halogens is 1. The van der Waals surface area contributed by atoms with E-state index in [0.29, 0.717) is 15.2 Å². The van der Waals surface area contributed by atoms with Crippen molar-refractivity contribution >= 4 is 33.4 Å². The van der Waals surface area contributed by atoms with Crippen LogP contribution < -0.4 is 10.1 Å². The third-order valence-electron chi connectivity index (χ3n) is 4.32. The summed E-state index contributed by atoms with van der Waals surface area (Å²) >= 11 is 1.33. The number of aromatic nitrogens is 3. The van der Waals surface area contributed by atoms with Gasteiger partial charge in [0, 0.05) is 11.9 Å². The second kappa shape index (κ2) is 5.64. The lowest BCUT2D eigenvalue weighted by molar-refractivity contribution is 0.618. The molecule has 2 aromatic carbocycles. The summed E-state index contributed by atoms with van der Waals surface area (Å²) in [5, 5.41) is 0. The average Bonchev–Trinajstić information content (AvgIpc) is 3.32.